The van der Waals surface area contributed by atoms with Crippen molar-refractivity contribution in [2.75, 3.05) is 5.73 Å². The Morgan fingerprint density at radius 3 is 2.81 bits per heavy atom. The van der Waals surface area contributed by atoms with Gasteiger partial charge in [0.05, 0.1) is 11.6 Å². The molecule has 1 rings (SSSR count). The van der Waals surface area contributed by atoms with Crippen LogP contribution < -0.4 is 11.1 Å². The van der Waals surface area contributed by atoms with E-state index in [1.54, 1.807) is 24.3 Å². The number of hydrogen-bond acceptors (Lipinski definition) is 2. The molecule has 1 atom stereocenters. The Morgan fingerprint density at radius 2 is 2.25 bits per heavy atom. The highest BCUT2D eigenvalue weighted by molar-refractivity contribution is 5.99. The Labute approximate surface area is 96.0 Å². The van der Waals surface area contributed by atoms with Gasteiger partial charge >= 0.3 is 0 Å². The molecule has 1 amide bonds. The topological polar surface area (TPSA) is 55.1 Å². The first-order valence-electron chi connectivity index (χ1n) is 5.30. The number of carbonyl (C=O) groups excluding carboxylic acids is 1. The van der Waals surface area contributed by atoms with E-state index < -0.39 is 0 Å². The van der Waals surface area contributed by atoms with Crippen molar-refractivity contribution in [2.24, 2.45) is 0 Å². The molecular weight excluding hydrogens is 200 g/mol. The number of benzene rings is 1. The van der Waals surface area contributed by atoms with Gasteiger partial charge in [0.25, 0.3) is 5.91 Å². The molecule has 3 heteroatoms. The second-order valence-corrected chi connectivity index (χ2v) is 3.57. The standard InChI is InChI=1S/C13H16N2O/c1-3-7-10(4-2)15-13(16)11-8-5-6-9-12(11)14/h2,5-6,8-10H,3,7,14H2,1H3,(H,15,16). The van der Waals surface area contributed by atoms with Gasteiger partial charge in [-0.25, -0.2) is 0 Å². The molecule has 16 heavy (non-hydrogen) atoms. The lowest BCUT2D eigenvalue weighted by atomic mass is 10.1. The summed E-state index contributed by atoms with van der Waals surface area (Å²) in [6.07, 6.45) is 7.03. The van der Waals surface area contributed by atoms with Gasteiger partial charge in [0.1, 0.15) is 0 Å². The van der Waals surface area contributed by atoms with Crippen LogP contribution in [-0.4, -0.2) is 11.9 Å². The minimum atomic E-state index is -0.225. The van der Waals surface area contributed by atoms with Crippen LogP contribution in [-0.2, 0) is 0 Å². The summed E-state index contributed by atoms with van der Waals surface area (Å²) < 4.78 is 0. The van der Waals surface area contributed by atoms with Crippen LogP contribution in [0.25, 0.3) is 0 Å². The van der Waals surface area contributed by atoms with Gasteiger partial charge in [0.15, 0.2) is 0 Å². The second-order valence-electron chi connectivity index (χ2n) is 3.57. The molecule has 0 spiro atoms. The molecule has 0 heterocycles. The summed E-state index contributed by atoms with van der Waals surface area (Å²) in [7, 11) is 0. The minimum absolute atomic E-state index is 0.213. The van der Waals surface area contributed by atoms with Crippen molar-refractivity contribution in [3.05, 3.63) is 29.8 Å². The highest BCUT2D eigenvalue weighted by atomic mass is 16.1. The molecule has 0 fully saturated rings. The van der Waals surface area contributed by atoms with E-state index >= 15 is 0 Å². The number of hydrogen-bond donors (Lipinski definition) is 2. The molecule has 3 N–H and O–H groups in total. The molecule has 1 aromatic carbocycles. The number of carbonyl (C=O) groups is 1. The van der Waals surface area contributed by atoms with Crippen molar-refractivity contribution in [3.63, 3.8) is 0 Å². The van der Waals surface area contributed by atoms with Gasteiger partial charge < -0.3 is 11.1 Å². The molecule has 0 saturated carbocycles. The zero-order valence-corrected chi connectivity index (χ0v) is 9.36. The Balaban J connectivity index is 2.73. The fraction of sp³-hybridized carbons (Fsp3) is 0.308. The average Bonchev–Trinajstić information content (AvgIpc) is 2.28. The van der Waals surface area contributed by atoms with E-state index in [4.69, 9.17) is 12.2 Å². The summed E-state index contributed by atoms with van der Waals surface area (Å²) in [4.78, 5) is 11.8. The largest absolute Gasteiger partial charge is 0.398 e. The second kappa shape index (κ2) is 5.82. The third-order valence-corrected chi connectivity index (χ3v) is 2.29. The summed E-state index contributed by atoms with van der Waals surface area (Å²) in [6, 6.07) is 6.72. The average molecular weight is 216 g/mol. The molecule has 0 aliphatic rings. The van der Waals surface area contributed by atoms with Crippen molar-refractivity contribution < 1.29 is 4.79 Å². The molecule has 0 aliphatic carbocycles. The van der Waals surface area contributed by atoms with Crippen LogP contribution in [0.5, 0.6) is 0 Å². The van der Waals surface area contributed by atoms with Gasteiger partial charge in [-0.15, -0.1) is 6.42 Å². The van der Waals surface area contributed by atoms with Crippen LogP contribution in [0.1, 0.15) is 30.1 Å². The van der Waals surface area contributed by atoms with Gasteiger partial charge in [-0.2, -0.15) is 0 Å². The summed E-state index contributed by atoms with van der Waals surface area (Å²) in [5.74, 6) is 2.34. The van der Waals surface area contributed by atoms with E-state index in [9.17, 15) is 4.79 Å². The predicted octanol–water partition coefficient (Wildman–Crippen LogP) is 1.80. The monoisotopic (exact) mass is 216 g/mol. The fourth-order valence-corrected chi connectivity index (χ4v) is 1.43. The number of rotatable bonds is 4. The van der Waals surface area contributed by atoms with Crippen LogP contribution in [0.2, 0.25) is 0 Å². The molecule has 0 radical (unpaired) electrons. The highest BCUT2D eigenvalue weighted by Gasteiger charge is 2.12. The SMILES string of the molecule is C#CC(CCC)NC(=O)c1ccccc1N. The molecule has 0 bridgehead atoms. The Bertz CT molecular complexity index is 407. The van der Waals surface area contributed by atoms with Crippen molar-refractivity contribution in [3.8, 4) is 12.3 Å². The maximum Gasteiger partial charge on any atom is 0.254 e. The van der Waals surface area contributed by atoms with E-state index in [0.717, 1.165) is 12.8 Å². The minimum Gasteiger partial charge on any atom is -0.398 e. The molecule has 1 unspecified atom stereocenters. The summed E-state index contributed by atoms with van der Waals surface area (Å²) in [6.45, 7) is 2.02. The maximum atomic E-state index is 11.8. The van der Waals surface area contributed by atoms with E-state index in [1.165, 1.54) is 0 Å². The third-order valence-electron chi connectivity index (χ3n) is 2.29. The smallest absolute Gasteiger partial charge is 0.254 e. The lowest BCUT2D eigenvalue weighted by molar-refractivity contribution is 0.0945. The number of nitrogens with two attached hydrogens (primary N) is 1. The van der Waals surface area contributed by atoms with E-state index in [1.807, 2.05) is 6.92 Å². The van der Waals surface area contributed by atoms with Crippen LogP contribution in [0.4, 0.5) is 5.69 Å². The van der Waals surface area contributed by atoms with Crippen LogP contribution in [0, 0.1) is 12.3 Å². The number of nitrogen functional groups attached to an aromatic ring is 1. The number of terminal acetylenes is 1. The number of anilines is 1. The molecule has 3 nitrogen and oxygen atoms in total. The maximum absolute atomic E-state index is 11.8. The van der Waals surface area contributed by atoms with Gasteiger partial charge in [-0.1, -0.05) is 31.4 Å². The van der Waals surface area contributed by atoms with Gasteiger partial charge in [-0.05, 0) is 18.6 Å². The summed E-state index contributed by atoms with van der Waals surface area (Å²) in [5, 5.41) is 2.77. The van der Waals surface area contributed by atoms with E-state index in [2.05, 4.69) is 11.2 Å². The normalized spacial score (nSPS) is 11.5. The van der Waals surface area contributed by atoms with Crippen LogP contribution in [0.15, 0.2) is 24.3 Å². The lowest BCUT2D eigenvalue weighted by Crippen LogP contribution is -2.34. The fourth-order valence-electron chi connectivity index (χ4n) is 1.43. The zero-order chi connectivity index (χ0) is 12.0. The summed E-state index contributed by atoms with van der Waals surface area (Å²) >= 11 is 0. The van der Waals surface area contributed by atoms with Crippen LogP contribution >= 0.6 is 0 Å². The van der Waals surface area contributed by atoms with Crippen molar-refractivity contribution in [2.45, 2.75) is 25.8 Å². The molecule has 0 saturated heterocycles. The van der Waals surface area contributed by atoms with Gasteiger partial charge in [-0.3, -0.25) is 4.79 Å². The molecule has 0 aliphatic heterocycles. The van der Waals surface area contributed by atoms with Crippen molar-refractivity contribution in [1.82, 2.24) is 5.32 Å². The molecule has 0 aromatic heterocycles. The Kier molecular flexibility index (Phi) is 4.41. The van der Waals surface area contributed by atoms with Gasteiger partial charge in [0, 0.05) is 5.69 Å². The summed E-state index contributed by atoms with van der Waals surface area (Å²) in [5.41, 5.74) is 6.64. The highest BCUT2D eigenvalue weighted by Crippen LogP contribution is 2.10. The molecule has 84 valence electrons. The predicted molar refractivity (Wildman–Crippen MR) is 65.8 cm³/mol. The molecular formula is C13H16N2O. The Morgan fingerprint density at radius 1 is 1.56 bits per heavy atom. The van der Waals surface area contributed by atoms with E-state index in [-0.39, 0.29) is 11.9 Å². The zero-order valence-electron chi connectivity index (χ0n) is 9.36. The van der Waals surface area contributed by atoms with Crippen LogP contribution in [0.3, 0.4) is 0 Å². The Hall–Kier alpha value is -1.95. The number of amides is 1. The quantitative estimate of drug-likeness (QED) is 0.595. The first kappa shape index (κ1) is 12.1. The van der Waals surface area contributed by atoms with Crippen molar-refractivity contribution >= 4 is 11.6 Å². The first-order chi connectivity index (χ1) is 7.69. The first-order valence-corrected chi connectivity index (χ1v) is 5.30. The van der Waals surface area contributed by atoms with E-state index in [0.29, 0.717) is 11.3 Å². The number of para-hydroxylation sites is 1. The number of nitrogens with one attached hydrogen (secondary N) is 1. The third kappa shape index (κ3) is 3.03. The molecule has 1 aromatic rings. The lowest BCUT2D eigenvalue weighted by Gasteiger charge is -2.12. The van der Waals surface area contributed by atoms with Crippen molar-refractivity contribution in [1.29, 1.82) is 0 Å². The van der Waals surface area contributed by atoms with Gasteiger partial charge in [0.2, 0.25) is 0 Å².